The highest BCUT2D eigenvalue weighted by molar-refractivity contribution is 9.10. The monoisotopic (exact) mass is 241 g/mol. The summed E-state index contributed by atoms with van der Waals surface area (Å²) in [6, 6.07) is 1.88. The highest BCUT2D eigenvalue weighted by atomic mass is 79.9. The Morgan fingerprint density at radius 1 is 1.62 bits per heavy atom. The highest BCUT2D eigenvalue weighted by Crippen LogP contribution is 2.39. The van der Waals surface area contributed by atoms with Crippen molar-refractivity contribution in [1.29, 1.82) is 0 Å². The number of rotatable bonds is 0. The van der Waals surface area contributed by atoms with Crippen LogP contribution in [-0.2, 0) is 6.42 Å². The molecular weight excluding hydrogens is 230 g/mol. The third-order valence-electron chi connectivity index (χ3n) is 2.73. The third kappa shape index (κ3) is 1.27. The number of nitrogens with two attached hydrogens (primary N) is 1. The Balaban J connectivity index is 2.69. The van der Waals surface area contributed by atoms with Crippen LogP contribution in [0.1, 0.15) is 29.2 Å². The summed E-state index contributed by atoms with van der Waals surface area (Å²) in [5, 5.41) is 9.68. The number of aliphatic hydroxyl groups excluding tert-OH is 1. The first kappa shape index (κ1) is 9.03. The van der Waals surface area contributed by atoms with Crippen molar-refractivity contribution in [3.05, 3.63) is 27.2 Å². The lowest BCUT2D eigenvalue weighted by atomic mass is 10.0. The predicted octanol–water partition coefficient (Wildman–Crippen LogP) is 2.32. The van der Waals surface area contributed by atoms with Gasteiger partial charge in [-0.05, 0) is 37.0 Å². The van der Waals surface area contributed by atoms with Crippen LogP contribution in [0.3, 0.4) is 0 Å². The van der Waals surface area contributed by atoms with Crippen LogP contribution in [0.15, 0.2) is 10.5 Å². The summed E-state index contributed by atoms with van der Waals surface area (Å²) in [5.74, 6) is 0. The molecule has 70 valence electrons. The second-order valence-electron chi connectivity index (χ2n) is 3.52. The van der Waals surface area contributed by atoms with Crippen LogP contribution >= 0.6 is 15.9 Å². The van der Waals surface area contributed by atoms with Gasteiger partial charge in [-0.25, -0.2) is 0 Å². The number of benzene rings is 1. The van der Waals surface area contributed by atoms with Gasteiger partial charge in [-0.1, -0.05) is 15.9 Å². The highest BCUT2D eigenvalue weighted by Gasteiger charge is 2.25. The van der Waals surface area contributed by atoms with Gasteiger partial charge in [-0.2, -0.15) is 0 Å². The molecule has 0 heterocycles. The van der Waals surface area contributed by atoms with Crippen LogP contribution in [0.4, 0.5) is 5.69 Å². The van der Waals surface area contributed by atoms with E-state index in [1.165, 1.54) is 11.1 Å². The molecule has 1 atom stereocenters. The van der Waals surface area contributed by atoms with E-state index in [4.69, 9.17) is 5.73 Å². The Morgan fingerprint density at radius 3 is 3.00 bits per heavy atom. The van der Waals surface area contributed by atoms with Gasteiger partial charge < -0.3 is 10.8 Å². The van der Waals surface area contributed by atoms with E-state index >= 15 is 0 Å². The molecule has 0 unspecified atom stereocenters. The average molecular weight is 242 g/mol. The summed E-state index contributed by atoms with van der Waals surface area (Å²) in [4.78, 5) is 0. The SMILES string of the molecule is Cc1c(Br)cc(N)c2c1CC[C@@H]2O. The summed E-state index contributed by atoms with van der Waals surface area (Å²) in [6.45, 7) is 2.06. The Hall–Kier alpha value is -0.540. The van der Waals surface area contributed by atoms with E-state index < -0.39 is 0 Å². The van der Waals surface area contributed by atoms with Crippen molar-refractivity contribution in [3.63, 3.8) is 0 Å². The first-order chi connectivity index (χ1) is 6.11. The predicted molar refractivity (Wildman–Crippen MR) is 56.6 cm³/mol. The van der Waals surface area contributed by atoms with Crippen molar-refractivity contribution < 1.29 is 5.11 Å². The lowest BCUT2D eigenvalue weighted by Crippen LogP contribution is -2.00. The Morgan fingerprint density at radius 2 is 2.31 bits per heavy atom. The minimum atomic E-state index is -0.359. The minimum Gasteiger partial charge on any atom is -0.398 e. The van der Waals surface area contributed by atoms with E-state index in [0.717, 1.165) is 22.9 Å². The summed E-state index contributed by atoms with van der Waals surface area (Å²) in [6.07, 6.45) is 1.38. The number of hydrogen-bond acceptors (Lipinski definition) is 2. The second-order valence-corrected chi connectivity index (χ2v) is 4.37. The van der Waals surface area contributed by atoms with Crippen molar-refractivity contribution in [2.45, 2.75) is 25.9 Å². The van der Waals surface area contributed by atoms with Gasteiger partial charge in [0.25, 0.3) is 0 Å². The molecule has 2 nitrogen and oxygen atoms in total. The quantitative estimate of drug-likeness (QED) is 0.686. The molecule has 1 aliphatic rings. The van der Waals surface area contributed by atoms with Crippen molar-refractivity contribution >= 4 is 21.6 Å². The normalized spacial score (nSPS) is 20.4. The molecule has 0 saturated carbocycles. The fraction of sp³-hybridized carbons (Fsp3) is 0.400. The number of fused-ring (bicyclic) bond motifs is 1. The molecule has 1 aliphatic carbocycles. The Bertz CT molecular complexity index is 362. The van der Waals surface area contributed by atoms with Crippen LogP contribution in [-0.4, -0.2) is 5.11 Å². The molecule has 0 spiro atoms. The largest absolute Gasteiger partial charge is 0.398 e. The number of aliphatic hydroxyl groups is 1. The zero-order valence-electron chi connectivity index (χ0n) is 7.47. The number of hydrogen-bond donors (Lipinski definition) is 2. The topological polar surface area (TPSA) is 46.2 Å². The van der Waals surface area contributed by atoms with Crippen LogP contribution < -0.4 is 5.73 Å². The Labute approximate surface area is 85.9 Å². The standard InChI is InChI=1S/C10H12BrNO/c1-5-6-2-3-9(13)10(6)8(12)4-7(5)11/h4,9,13H,2-3,12H2,1H3/t9-/m0/s1. The van der Waals surface area contributed by atoms with Crippen LogP contribution in [0.2, 0.25) is 0 Å². The summed E-state index contributed by atoms with van der Waals surface area (Å²) < 4.78 is 1.04. The summed E-state index contributed by atoms with van der Waals surface area (Å²) in [5.41, 5.74) is 9.92. The molecule has 0 aromatic heterocycles. The van der Waals surface area contributed by atoms with E-state index in [-0.39, 0.29) is 6.10 Å². The van der Waals surface area contributed by atoms with Crippen molar-refractivity contribution in [3.8, 4) is 0 Å². The van der Waals surface area contributed by atoms with Gasteiger partial charge in [0, 0.05) is 15.7 Å². The maximum atomic E-state index is 9.68. The number of nitrogen functional groups attached to an aromatic ring is 1. The van der Waals surface area contributed by atoms with Gasteiger partial charge in [0.2, 0.25) is 0 Å². The molecule has 1 aromatic carbocycles. The molecule has 2 rings (SSSR count). The second kappa shape index (κ2) is 3.00. The summed E-state index contributed by atoms with van der Waals surface area (Å²) >= 11 is 3.46. The minimum absolute atomic E-state index is 0.359. The van der Waals surface area contributed by atoms with Crippen molar-refractivity contribution in [1.82, 2.24) is 0 Å². The lowest BCUT2D eigenvalue weighted by Gasteiger charge is -2.11. The molecule has 1 aromatic rings. The van der Waals surface area contributed by atoms with Crippen LogP contribution in [0.5, 0.6) is 0 Å². The fourth-order valence-corrected chi connectivity index (χ4v) is 2.47. The molecule has 0 aliphatic heterocycles. The van der Waals surface area contributed by atoms with Gasteiger partial charge in [0.05, 0.1) is 6.10 Å². The van der Waals surface area contributed by atoms with E-state index in [1.54, 1.807) is 0 Å². The number of halogens is 1. The van der Waals surface area contributed by atoms with E-state index in [2.05, 4.69) is 22.9 Å². The van der Waals surface area contributed by atoms with Crippen molar-refractivity contribution in [2.24, 2.45) is 0 Å². The summed E-state index contributed by atoms with van der Waals surface area (Å²) in [7, 11) is 0. The zero-order chi connectivity index (χ0) is 9.59. The van der Waals surface area contributed by atoms with E-state index in [1.807, 2.05) is 6.07 Å². The van der Waals surface area contributed by atoms with E-state index in [9.17, 15) is 5.11 Å². The van der Waals surface area contributed by atoms with Crippen LogP contribution in [0, 0.1) is 6.92 Å². The lowest BCUT2D eigenvalue weighted by molar-refractivity contribution is 0.180. The van der Waals surface area contributed by atoms with Gasteiger partial charge in [0.15, 0.2) is 0 Å². The maximum absolute atomic E-state index is 9.68. The first-order valence-electron chi connectivity index (χ1n) is 4.36. The zero-order valence-corrected chi connectivity index (χ0v) is 9.06. The molecule has 0 radical (unpaired) electrons. The van der Waals surface area contributed by atoms with E-state index in [0.29, 0.717) is 5.69 Å². The maximum Gasteiger partial charge on any atom is 0.0815 e. The molecule has 0 fully saturated rings. The van der Waals surface area contributed by atoms with Crippen molar-refractivity contribution in [2.75, 3.05) is 5.73 Å². The molecule has 3 heteroatoms. The van der Waals surface area contributed by atoms with Gasteiger partial charge in [-0.15, -0.1) is 0 Å². The Kier molecular flexibility index (Phi) is 2.08. The van der Waals surface area contributed by atoms with Gasteiger partial charge >= 0.3 is 0 Å². The molecule has 13 heavy (non-hydrogen) atoms. The third-order valence-corrected chi connectivity index (χ3v) is 3.55. The van der Waals surface area contributed by atoms with Gasteiger partial charge in [0.1, 0.15) is 0 Å². The fourth-order valence-electron chi connectivity index (χ4n) is 1.98. The molecular formula is C10H12BrNO. The first-order valence-corrected chi connectivity index (χ1v) is 5.16. The molecule has 0 saturated heterocycles. The van der Waals surface area contributed by atoms with Crippen LogP contribution in [0.25, 0.3) is 0 Å². The molecule has 0 amide bonds. The smallest absolute Gasteiger partial charge is 0.0815 e. The van der Waals surface area contributed by atoms with Gasteiger partial charge in [-0.3, -0.25) is 0 Å². The molecule has 3 N–H and O–H groups in total. The average Bonchev–Trinajstić information content (AvgIpc) is 2.44. The number of anilines is 1. The molecule has 0 bridgehead atoms.